The van der Waals surface area contributed by atoms with Crippen LogP contribution in [0.25, 0.3) is 0 Å². The second kappa shape index (κ2) is 7.65. The van der Waals surface area contributed by atoms with Gasteiger partial charge in [-0.25, -0.2) is 4.68 Å². The van der Waals surface area contributed by atoms with Crippen LogP contribution in [0.5, 0.6) is 5.75 Å². The Morgan fingerprint density at radius 2 is 2.00 bits per heavy atom. The SMILES string of the molecule is Cc1ccc(OCCn2cc(CCCCN)nn2)cc1. The van der Waals surface area contributed by atoms with Crippen molar-refractivity contribution in [2.45, 2.75) is 32.7 Å². The molecule has 2 N–H and O–H groups in total. The van der Waals surface area contributed by atoms with Crippen molar-refractivity contribution in [2.24, 2.45) is 5.73 Å². The third-order valence-electron chi connectivity index (χ3n) is 3.08. The molecule has 0 atom stereocenters. The average Bonchev–Trinajstić information content (AvgIpc) is 2.89. The highest BCUT2D eigenvalue weighted by atomic mass is 16.5. The largest absolute Gasteiger partial charge is 0.492 e. The van der Waals surface area contributed by atoms with Gasteiger partial charge in [-0.05, 0) is 44.9 Å². The first-order chi connectivity index (χ1) is 9.78. The summed E-state index contributed by atoms with van der Waals surface area (Å²) in [6.07, 6.45) is 5.02. The van der Waals surface area contributed by atoms with Crippen molar-refractivity contribution in [1.29, 1.82) is 0 Å². The van der Waals surface area contributed by atoms with E-state index in [2.05, 4.69) is 17.2 Å². The van der Waals surface area contributed by atoms with E-state index < -0.39 is 0 Å². The Balaban J connectivity index is 1.72. The second-order valence-corrected chi connectivity index (χ2v) is 4.88. The number of ether oxygens (including phenoxy) is 1. The average molecular weight is 274 g/mol. The molecule has 5 nitrogen and oxygen atoms in total. The molecule has 0 saturated carbocycles. The molecule has 1 heterocycles. The summed E-state index contributed by atoms with van der Waals surface area (Å²) in [4.78, 5) is 0. The normalized spacial score (nSPS) is 10.7. The van der Waals surface area contributed by atoms with Crippen LogP contribution in [0.3, 0.4) is 0 Å². The number of hydrogen-bond donors (Lipinski definition) is 1. The summed E-state index contributed by atoms with van der Waals surface area (Å²) in [5.41, 5.74) is 7.72. The fourth-order valence-corrected chi connectivity index (χ4v) is 1.90. The third-order valence-corrected chi connectivity index (χ3v) is 3.08. The minimum absolute atomic E-state index is 0.592. The molecule has 0 aliphatic carbocycles. The number of rotatable bonds is 8. The van der Waals surface area contributed by atoms with Crippen LogP contribution in [-0.2, 0) is 13.0 Å². The van der Waals surface area contributed by atoms with E-state index in [1.54, 1.807) is 0 Å². The van der Waals surface area contributed by atoms with Gasteiger partial charge >= 0.3 is 0 Å². The molecule has 0 aliphatic rings. The lowest BCUT2D eigenvalue weighted by molar-refractivity contribution is 0.289. The van der Waals surface area contributed by atoms with Gasteiger partial charge in [0.1, 0.15) is 12.4 Å². The van der Waals surface area contributed by atoms with Gasteiger partial charge in [0.2, 0.25) is 0 Å². The Kier molecular flexibility index (Phi) is 5.55. The molecule has 2 aromatic rings. The van der Waals surface area contributed by atoms with E-state index >= 15 is 0 Å². The van der Waals surface area contributed by atoms with Crippen molar-refractivity contribution in [3.63, 3.8) is 0 Å². The number of nitrogens with zero attached hydrogens (tertiary/aromatic N) is 3. The van der Waals surface area contributed by atoms with Gasteiger partial charge in [-0.15, -0.1) is 5.10 Å². The topological polar surface area (TPSA) is 66.0 Å². The molecule has 2 rings (SSSR count). The Bertz CT molecular complexity index is 507. The minimum atomic E-state index is 0.592. The van der Waals surface area contributed by atoms with Crippen molar-refractivity contribution in [2.75, 3.05) is 13.2 Å². The predicted octanol–water partition coefficient (Wildman–Crippen LogP) is 1.95. The summed E-state index contributed by atoms with van der Waals surface area (Å²) in [7, 11) is 0. The number of unbranched alkanes of at least 4 members (excludes halogenated alkanes) is 1. The molecule has 0 saturated heterocycles. The molecule has 0 bridgehead atoms. The Morgan fingerprint density at radius 3 is 2.75 bits per heavy atom. The number of aryl methyl sites for hydroxylation is 2. The lowest BCUT2D eigenvalue weighted by Crippen LogP contribution is -2.08. The van der Waals surface area contributed by atoms with Crippen LogP contribution < -0.4 is 10.5 Å². The van der Waals surface area contributed by atoms with Gasteiger partial charge in [-0.3, -0.25) is 0 Å². The predicted molar refractivity (Wildman–Crippen MR) is 78.7 cm³/mol. The quantitative estimate of drug-likeness (QED) is 0.747. The fourth-order valence-electron chi connectivity index (χ4n) is 1.90. The van der Waals surface area contributed by atoms with Gasteiger partial charge in [-0.2, -0.15) is 0 Å². The fraction of sp³-hybridized carbons (Fsp3) is 0.467. The van der Waals surface area contributed by atoms with E-state index in [-0.39, 0.29) is 0 Å². The molecule has 0 aliphatic heterocycles. The summed E-state index contributed by atoms with van der Waals surface area (Å²) in [5, 5.41) is 8.24. The zero-order valence-electron chi connectivity index (χ0n) is 12.0. The van der Waals surface area contributed by atoms with E-state index in [4.69, 9.17) is 10.5 Å². The molecular formula is C15H22N4O. The highest BCUT2D eigenvalue weighted by Crippen LogP contribution is 2.11. The van der Waals surface area contributed by atoms with E-state index in [0.29, 0.717) is 13.2 Å². The lowest BCUT2D eigenvalue weighted by Gasteiger charge is -2.05. The van der Waals surface area contributed by atoms with E-state index in [1.165, 1.54) is 5.56 Å². The van der Waals surface area contributed by atoms with Crippen LogP contribution >= 0.6 is 0 Å². The van der Waals surface area contributed by atoms with Gasteiger partial charge in [-0.1, -0.05) is 22.9 Å². The Morgan fingerprint density at radius 1 is 1.20 bits per heavy atom. The molecule has 0 radical (unpaired) electrons. The molecule has 20 heavy (non-hydrogen) atoms. The summed E-state index contributed by atoms with van der Waals surface area (Å²) < 4.78 is 7.49. The van der Waals surface area contributed by atoms with E-state index in [0.717, 1.165) is 37.3 Å². The van der Waals surface area contributed by atoms with Gasteiger partial charge in [0.05, 0.1) is 12.2 Å². The molecular weight excluding hydrogens is 252 g/mol. The molecule has 0 amide bonds. The molecule has 1 aromatic heterocycles. The summed E-state index contributed by atoms with van der Waals surface area (Å²) >= 11 is 0. The van der Waals surface area contributed by atoms with Gasteiger partial charge in [0.25, 0.3) is 0 Å². The van der Waals surface area contributed by atoms with Crippen LogP contribution in [0.15, 0.2) is 30.5 Å². The molecule has 0 unspecified atom stereocenters. The summed E-state index contributed by atoms with van der Waals surface area (Å²) in [6, 6.07) is 8.05. The highest BCUT2D eigenvalue weighted by Gasteiger charge is 2.01. The van der Waals surface area contributed by atoms with Crippen LogP contribution in [0, 0.1) is 6.92 Å². The van der Waals surface area contributed by atoms with Crippen LogP contribution in [0.2, 0.25) is 0 Å². The van der Waals surface area contributed by atoms with Crippen LogP contribution in [0.4, 0.5) is 0 Å². The maximum absolute atomic E-state index is 5.67. The number of hydrogen-bond acceptors (Lipinski definition) is 4. The summed E-state index contributed by atoms with van der Waals surface area (Å²) in [6.45, 7) is 4.09. The number of aromatic nitrogens is 3. The third kappa shape index (κ3) is 4.66. The Hall–Kier alpha value is -1.88. The zero-order valence-corrected chi connectivity index (χ0v) is 12.0. The first-order valence-electron chi connectivity index (χ1n) is 7.06. The van der Waals surface area contributed by atoms with Gasteiger partial charge < -0.3 is 10.5 Å². The lowest BCUT2D eigenvalue weighted by atomic mass is 10.2. The van der Waals surface area contributed by atoms with Crippen molar-refractivity contribution in [1.82, 2.24) is 15.0 Å². The molecule has 0 spiro atoms. The Labute approximate surface area is 119 Å². The first kappa shape index (κ1) is 14.5. The van der Waals surface area contributed by atoms with Gasteiger partial charge in [0, 0.05) is 6.20 Å². The first-order valence-corrected chi connectivity index (χ1v) is 7.06. The van der Waals surface area contributed by atoms with Crippen molar-refractivity contribution in [3.8, 4) is 5.75 Å². The molecule has 0 fully saturated rings. The monoisotopic (exact) mass is 274 g/mol. The second-order valence-electron chi connectivity index (χ2n) is 4.88. The molecule has 5 heteroatoms. The van der Waals surface area contributed by atoms with Gasteiger partial charge in [0.15, 0.2) is 0 Å². The van der Waals surface area contributed by atoms with Crippen molar-refractivity contribution in [3.05, 3.63) is 41.7 Å². The maximum Gasteiger partial charge on any atom is 0.119 e. The van der Waals surface area contributed by atoms with E-state index in [1.807, 2.05) is 35.1 Å². The van der Waals surface area contributed by atoms with Crippen LogP contribution in [-0.4, -0.2) is 28.1 Å². The molecule has 1 aromatic carbocycles. The van der Waals surface area contributed by atoms with E-state index in [9.17, 15) is 0 Å². The van der Waals surface area contributed by atoms with Crippen molar-refractivity contribution < 1.29 is 4.74 Å². The van der Waals surface area contributed by atoms with Crippen LogP contribution in [0.1, 0.15) is 24.1 Å². The number of benzene rings is 1. The summed E-state index contributed by atoms with van der Waals surface area (Å²) in [5.74, 6) is 0.888. The van der Waals surface area contributed by atoms with Crippen molar-refractivity contribution >= 4 is 0 Å². The zero-order chi connectivity index (χ0) is 14.2. The highest BCUT2D eigenvalue weighted by molar-refractivity contribution is 5.26. The minimum Gasteiger partial charge on any atom is -0.492 e. The number of nitrogens with two attached hydrogens (primary N) is 1. The molecule has 108 valence electrons. The standard InChI is InChI=1S/C15H22N4O/c1-13-5-7-15(8-6-13)20-11-10-19-12-14(17-18-19)4-2-3-9-16/h5-8,12H,2-4,9-11,16H2,1H3. The maximum atomic E-state index is 5.67. The smallest absolute Gasteiger partial charge is 0.119 e.